The van der Waals surface area contributed by atoms with Gasteiger partial charge in [0.05, 0.1) is 17.8 Å². The van der Waals surface area contributed by atoms with Crippen LogP contribution in [0.15, 0.2) is 24.3 Å². The minimum Gasteiger partial charge on any atom is -0.453 e. The average molecular weight is 391 g/mol. The van der Waals surface area contributed by atoms with Gasteiger partial charge in [0, 0.05) is 25.6 Å². The molecule has 1 fully saturated rings. The van der Waals surface area contributed by atoms with Crippen LogP contribution in [0.4, 0.5) is 9.18 Å². The Labute approximate surface area is 161 Å². The van der Waals surface area contributed by atoms with Gasteiger partial charge in [-0.3, -0.25) is 4.79 Å². The van der Waals surface area contributed by atoms with Crippen molar-refractivity contribution in [3.8, 4) is 0 Å². The molecule has 8 heteroatoms. The topological polar surface area (TPSA) is 71.5 Å². The van der Waals surface area contributed by atoms with E-state index in [1.165, 1.54) is 30.6 Å². The Morgan fingerprint density at radius 2 is 1.96 bits per heavy atom. The quantitative estimate of drug-likeness (QED) is 0.869. The monoisotopic (exact) mass is 391 g/mol. The van der Waals surface area contributed by atoms with Gasteiger partial charge in [-0.25, -0.2) is 14.2 Å². The number of aromatic nitrogens is 1. The Hall–Kier alpha value is -2.48. The zero-order valence-corrected chi connectivity index (χ0v) is 16.1. The molecule has 0 saturated carbocycles. The Balaban J connectivity index is 1.58. The maximum absolute atomic E-state index is 13.0. The fraction of sp³-hybridized carbons (Fsp3) is 0.421. The number of amides is 2. The van der Waals surface area contributed by atoms with E-state index in [1.807, 2.05) is 6.92 Å². The molecule has 2 heterocycles. The van der Waals surface area contributed by atoms with Crippen molar-refractivity contribution in [2.45, 2.75) is 32.2 Å². The van der Waals surface area contributed by atoms with Crippen molar-refractivity contribution < 1.29 is 18.7 Å². The first-order valence-corrected chi connectivity index (χ1v) is 9.62. The second-order valence-electron chi connectivity index (χ2n) is 6.53. The summed E-state index contributed by atoms with van der Waals surface area (Å²) in [6, 6.07) is 6.32. The largest absolute Gasteiger partial charge is 0.453 e. The first kappa shape index (κ1) is 19.3. The minimum atomic E-state index is -0.330. The summed E-state index contributed by atoms with van der Waals surface area (Å²) in [7, 11) is 1.37. The van der Waals surface area contributed by atoms with Gasteiger partial charge in [0.15, 0.2) is 0 Å². The predicted molar refractivity (Wildman–Crippen MR) is 101 cm³/mol. The molecule has 2 aromatic rings. The van der Waals surface area contributed by atoms with Crippen molar-refractivity contribution in [1.82, 2.24) is 15.2 Å². The van der Waals surface area contributed by atoms with E-state index in [0.717, 1.165) is 10.6 Å². The Morgan fingerprint density at radius 3 is 2.59 bits per heavy atom. The number of carbonyl (C=O) groups is 2. The zero-order chi connectivity index (χ0) is 19.4. The Bertz CT molecular complexity index is 814. The number of halogens is 1. The van der Waals surface area contributed by atoms with Crippen molar-refractivity contribution in [3.05, 3.63) is 51.2 Å². The van der Waals surface area contributed by atoms with Crippen LogP contribution in [-0.4, -0.2) is 48.1 Å². The summed E-state index contributed by atoms with van der Waals surface area (Å²) in [4.78, 5) is 30.9. The molecule has 1 aromatic carbocycles. The average Bonchev–Trinajstić information content (AvgIpc) is 3.04. The van der Waals surface area contributed by atoms with Crippen molar-refractivity contribution in [3.63, 3.8) is 0 Å². The maximum Gasteiger partial charge on any atom is 0.409 e. The first-order chi connectivity index (χ1) is 13.0. The molecule has 0 unspecified atom stereocenters. The molecule has 1 N–H and O–H groups in total. The molecule has 6 nitrogen and oxygen atoms in total. The minimum absolute atomic E-state index is 0.0282. The Kier molecular flexibility index (Phi) is 6.05. The third-order valence-electron chi connectivity index (χ3n) is 4.58. The number of hydrogen-bond donors (Lipinski definition) is 1. The normalized spacial score (nSPS) is 14.9. The van der Waals surface area contributed by atoms with Gasteiger partial charge in [0.1, 0.15) is 10.7 Å². The molecule has 1 aromatic heterocycles. The summed E-state index contributed by atoms with van der Waals surface area (Å²) in [5.41, 5.74) is 1.65. The van der Waals surface area contributed by atoms with E-state index in [0.29, 0.717) is 42.9 Å². The third kappa shape index (κ3) is 4.82. The van der Waals surface area contributed by atoms with Crippen LogP contribution in [0.1, 0.15) is 38.8 Å². The number of aryl methyl sites for hydroxylation is 1. The highest BCUT2D eigenvalue weighted by Crippen LogP contribution is 2.22. The van der Waals surface area contributed by atoms with E-state index in [1.54, 1.807) is 17.0 Å². The van der Waals surface area contributed by atoms with Crippen LogP contribution < -0.4 is 5.32 Å². The molecule has 27 heavy (non-hydrogen) atoms. The summed E-state index contributed by atoms with van der Waals surface area (Å²) in [5, 5.41) is 3.87. The number of carbonyl (C=O) groups excluding carboxylic acids is 2. The molecular formula is C19H22FN3O3S. The highest BCUT2D eigenvalue weighted by Gasteiger charge is 2.25. The number of hydrogen-bond acceptors (Lipinski definition) is 5. The summed E-state index contributed by atoms with van der Waals surface area (Å²) in [6.07, 6.45) is 1.63. The van der Waals surface area contributed by atoms with E-state index in [-0.39, 0.29) is 23.9 Å². The number of thiazole rings is 1. The summed E-state index contributed by atoms with van der Waals surface area (Å²) in [6.45, 7) is 2.95. The van der Waals surface area contributed by atoms with Crippen LogP contribution in [0.25, 0.3) is 0 Å². The lowest BCUT2D eigenvalue weighted by Crippen LogP contribution is -2.46. The number of benzene rings is 1. The Morgan fingerprint density at radius 1 is 1.30 bits per heavy atom. The number of rotatable bonds is 4. The fourth-order valence-electron chi connectivity index (χ4n) is 3.10. The van der Waals surface area contributed by atoms with E-state index in [9.17, 15) is 14.0 Å². The SMILES string of the molecule is COC(=O)N1CCC(NC(=O)c2sc(Cc3ccc(F)cc3)nc2C)CC1. The lowest BCUT2D eigenvalue weighted by molar-refractivity contribution is 0.0895. The fourth-order valence-corrected chi connectivity index (χ4v) is 4.10. The van der Waals surface area contributed by atoms with Gasteiger partial charge < -0.3 is 15.0 Å². The van der Waals surface area contributed by atoms with Gasteiger partial charge in [-0.05, 0) is 37.5 Å². The van der Waals surface area contributed by atoms with Crippen LogP contribution in [0, 0.1) is 12.7 Å². The van der Waals surface area contributed by atoms with Crippen molar-refractivity contribution in [1.29, 1.82) is 0 Å². The summed E-state index contributed by atoms with van der Waals surface area (Å²) < 4.78 is 17.7. The van der Waals surface area contributed by atoms with Crippen LogP contribution in [0.3, 0.4) is 0 Å². The third-order valence-corrected chi connectivity index (χ3v) is 5.73. The second-order valence-corrected chi connectivity index (χ2v) is 7.61. The van der Waals surface area contributed by atoms with Crippen LogP contribution >= 0.6 is 11.3 Å². The van der Waals surface area contributed by atoms with Gasteiger partial charge in [0.2, 0.25) is 0 Å². The lowest BCUT2D eigenvalue weighted by Gasteiger charge is -2.31. The number of methoxy groups -OCH3 is 1. The number of likely N-dealkylation sites (tertiary alicyclic amines) is 1. The van der Waals surface area contributed by atoms with Crippen molar-refractivity contribution >= 4 is 23.3 Å². The molecule has 0 spiro atoms. The molecule has 1 saturated heterocycles. The molecule has 144 valence electrons. The van der Waals surface area contributed by atoms with E-state index < -0.39 is 0 Å². The van der Waals surface area contributed by atoms with Crippen LogP contribution in [-0.2, 0) is 11.2 Å². The van der Waals surface area contributed by atoms with Gasteiger partial charge in [-0.1, -0.05) is 12.1 Å². The number of nitrogens with one attached hydrogen (secondary N) is 1. The van der Waals surface area contributed by atoms with E-state index >= 15 is 0 Å². The predicted octanol–water partition coefficient (Wildman–Crippen LogP) is 3.14. The standard InChI is InChI=1S/C19H22FN3O3S/c1-12-17(27-16(21-12)11-13-3-5-14(20)6-4-13)18(24)22-15-7-9-23(10-8-15)19(25)26-2/h3-6,15H,7-11H2,1-2H3,(H,22,24). The molecular weight excluding hydrogens is 369 g/mol. The molecule has 0 aliphatic carbocycles. The van der Waals surface area contributed by atoms with Gasteiger partial charge in [-0.2, -0.15) is 0 Å². The molecule has 2 amide bonds. The van der Waals surface area contributed by atoms with E-state index in [2.05, 4.69) is 10.3 Å². The molecule has 1 aliphatic heterocycles. The van der Waals surface area contributed by atoms with E-state index in [4.69, 9.17) is 4.74 Å². The van der Waals surface area contributed by atoms with Crippen molar-refractivity contribution in [2.75, 3.05) is 20.2 Å². The maximum atomic E-state index is 13.0. The molecule has 0 atom stereocenters. The molecule has 1 aliphatic rings. The highest BCUT2D eigenvalue weighted by molar-refractivity contribution is 7.13. The van der Waals surface area contributed by atoms with Crippen molar-refractivity contribution in [2.24, 2.45) is 0 Å². The zero-order valence-electron chi connectivity index (χ0n) is 15.3. The highest BCUT2D eigenvalue weighted by atomic mass is 32.1. The second kappa shape index (κ2) is 8.47. The smallest absolute Gasteiger partial charge is 0.409 e. The number of piperidine rings is 1. The number of ether oxygens (including phenoxy) is 1. The number of nitrogens with zero attached hydrogens (tertiary/aromatic N) is 2. The molecule has 0 radical (unpaired) electrons. The molecule has 3 rings (SSSR count). The van der Waals surface area contributed by atoms with Crippen LogP contribution in [0.2, 0.25) is 0 Å². The molecule has 0 bridgehead atoms. The first-order valence-electron chi connectivity index (χ1n) is 8.80. The van der Waals surface area contributed by atoms with Gasteiger partial charge in [0.25, 0.3) is 5.91 Å². The van der Waals surface area contributed by atoms with Crippen LogP contribution in [0.5, 0.6) is 0 Å². The summed E-state index contributed by atoms with van der Waals surface area (Å²) in [5.74, 6) is -0.403. The lowest BCUT2D eigenvalue weighted by atomic mass is 10.1. The van der Waals surface area contributed by atoms with Gasteiger partial charge in [-0.15, -0.1) is 11.3 Å². The summed E-state index contributed by atoms with van der Waals surface area (Å²) >= 11 is 1.36. The van der Waals surface area contributed by atoms with Gasteiger partial charge >= 0.3 is 6.09 Å².